The van der Waals surface area contributed by atoms with E-state index in [0.29, 0.717) is 5.92 Å². The molecule has 5 aromatic rings. The molecule has 0 N–H and O–H groups in total. The maximum Gasteiger partial charge on any atom is 0.121 e. The molecule has 0 radical (unpaired) electrons. The van der Waals surface area contributed by atoms with E-state index in [0.717, 1.165) is 28.8 Å². The summed E-state index contributed by atoms with van der Waals surface area (Å²) in [5.74, 6) is 1.41. The van der Waals surface area contributed by atoms with Crippen molar-refractivity contribution in [2.75, 3.05) is 0 Å². The largest absolute Gasteiger partial charge is 0.316 e. The Morgan fingerprint density at radius 3 is 1.59 bits per heavy atom. The van der Waals surface area contributed by atoms with E-state index in [2.05, 4.69) is 170 Å². The van der Waals surface area contributed by atoms with Crippen molar-refractivity contribution in [3.63, 3.8) is 0 Å². The zero-order chi connectivity index (χ0) is 27.5. The fourth-order valence-electron chi connectivity index (χ4n) is 5.67. The third-order valence-electron chi connectivity index (χ3n) is 7.40. The van der Waals surface area contributed by atoms with Gasteiger partial charge in [-0.25, -0.2) is 4.98 Å². The molecule has 5 rings (SSSR count). The molecular weight excluding hydrogens is 540 g/mol. The van der Waals surface area contributed by atoms with Crippen LogP contribution in [0.2, 0.25) is 0 Å². The van der Waals surface area contributed by atoms with Gasteiger partial charge in [-0.1, -0.05) is 147 Å². The molecule has 0 amide bonds. The number of hydrogen-bond donors (Lipinski definition) is 0. The molecule has 4 aromatic carbocycles. The van der Waals surface area contributed by atoms with Crippen molar-refractivity contribution < 1.29 is 0 Å². The summed E-state index contributed by atoms with van der Waals surface area (Å²) >= 11 is 3.59. The van der Waals surface area contributed by atoms with Crippen LogP contribution in [0.4, 0.5) is 0 Å². The predicted molar refractivity (Wildman–Crippen MR) is 166 cm³/mol. The molecule has 0 aliphatic heterocycles. The van der Waals surface area contributed by atoms with Crippen LogP contribution in [0.5, 0.6) is 0 Å². The first-order valence-corrected chi connectivity index (χ1v) is 14.6. The summed E-state index contributed by atoms with van der Waals surface area (Å²) in [7, 11) is 0. The van der Waals surface area contributed by atoms with Crippen LogP contribution in [0.1, 0.15) is 67.4 Å². The molecule has 0 fully saturated rings. The Morgan fingerprint density at radius 1 is 0.692 bits per heavy atom. The highest BCUT2D eigenvalue weighted by atomic mass is 79.9. The van der Waals surface area contributed by atoms with Crippen molar-refractivity contribution in [3.8, 4) is 0 Å². The van der Waals surface area contributed by atoms with Gasteiger partial charge in [-0.15, -0.1) is 0 Å². The van der Waals surface area contributed by atoms with Crippen LogP contribution in [0.3, 0.4) is 0 Å². The molecular formula is C36H37BrN2. The SMILES string of the molecule is CC(Cc1nc(CC(C)(C)C)cn1C(c1ccccc1)(c1ccccc1)c1ccccc1)c1ccc(Br)cc1. The number of imidazole rings is 1. The Bertz CT molecular complexity index is 1380. The molecule has 0 saturated carbocycles. The summed E-state index contributed by atoms with van der Waals surface area (Å²) in [5, 5.41) is 0. The predicted octanol–water partition coefficient (Wildman–Crippen LogP) is 9.42. The van der Waals surface area contributed by atoms with Gasteiger partial charge in [0.15, 0.2) is 0 Å². The monoisotopic (exact) mass is 576 g/mol. The number of hydrogen-bond acceptors (Lipinski definition) is 1. The van der Waals surface area contributed by atoms with Gasteiger partial charge in [-0.05, 0) is 52.1 Å². The van der Waals surface area contributed by atoms with E-state index in [4.69, 9.17) is 4.98 Å². The van der Waals surface area contributed by atoms with Crippen LogP contribution < -0.4 is 0 Å². The van der Waals surface area contributed by atoms with E-state index in [1.807, 2.05) is 0 Å². The highest BCUT2D eigenvalue weighted by molar-refractivity contribution is 9.10. The van der Waals surface area contributed by atoms with E-state index in [1.54, 1.807) is 0 Å². The minimum Gasteiger partial charge on any atom is -0.316 e. The highest BCUT2D eigenvalue weighted by Gasteiger charge is 2.40. The first kappa shape index (κ1) is 27.1. The molecule has 198 valence electrons. The van der Waals surface area contributed by atoms with Gasteiger partial charge in [0.2, 0.25) is 0 Å². The maximum absolute atomic E-state index is 5.37. The second-order valence-electron chi connectivity index (χ2n) is 11.7. The second-order valence-corrected chi connectivity index (χ2v) is 12.6. The Balaban J connectivity index is 1.79. The molecule has 0 bridgehead atoms. The number of benzene rings is 4. The van der Waals surface area contributed by atoms with Crippen molar-refractivity contribution in [1.29, 1.82) is 0 Å². The van der Waals surface area contributed by atoms with Crippen LogP contribution in [0.15, 0.2) is 126 Å². The fraction of sp³-hybridized carbons (Fsp3) is 0.250. The lowest BCUT2D eigenvalue weighted by molar-refractivity contribution is 0.406. The molecule has 0 spiro atoms. The van der Waals surface area contributed by atoms with Gasteiger partial charge in [0.05, 0.1) is 5.69 Å². The number of nitrogens with zero attached hydrogens (tertiary/aromatic N) is 2. The molecule has 0 aliphatic carbocycles. The molecule has 0 saturated heterocycles. The molecule has 3 heteroatoms. The molecule has 2 nitrogen and oxygen atoms in total. The number of rotatable bonds is 8. The van der Waals surface area contributed by atoms with E-state index in [-0.39, 0.29) is 5.41 Å². The van der Waals surface area contributed by atoms with E-state index < -0.39 is 5.54 Å². The molecule has 1 aromatic heterocycles. The van der Waals surface area contributed by atoms with Crippen LogP contribution in [0, 0.1) is 5.41 Å². The third kappa shape index (κ3) is 5.79. The van der Waals surface area contributed by atoms with Crippen LogP contribution in [-0.4, -0.2) is 9.55 Å². The summed E-state index contributed by atoms with van der Waals surface area (Å²) in [4.78, 5) is 5.37. The van der Waals surface area contributed by atoms with Crippen molar-refractivity contribution >= 4 is 15.9 Å². The summed E-state index contributed by atoms with van der Waals surface area (Å²) in [5.41, 5.74) is 5.67. The molecule has 1 heterocycles. The molecule has 39 heavy (non-hydrogen) atoms. The zero-order valence-corrected chi connectivity index (χ0v) is 24.9. The topological polar surface area (TPSA) is 17.8 Å². The summed E-state index contributed by atoms with van der Waals surface area (Å²) < 4.78 is 3.58. The van der Waals surface area contributed by atoms with Crippen LogP contribution in [0.25, 0.3) is 0 Å². The Hall–Kier alpha value is -3.43. The second kappa shape index (κ2) is 11.4. The van der Waals surface area contributed by atoms with Gasteiger partial charge < -0.3 is 4.57 Å². The van der Waals surface area contributed by atoms with Gasteiger partial charge in [-0.3, -0.25) is 0 Å². The average Bonchev–Trinajstić information content (AvgIpc) is 3.31. The van der Waals surface area contributed by atoms with Crippen molar-refractivity contribution in [2.24, 2.45) is 5.41 Å². The quantitative estimate of drug-likeness (QED) is 0.168. The minimum atomic E-state index is -0.568. The zero-order valence-electron chi connectivity index (χ0n) is 23.3. The lowest BCUT2D eigenvalue weighted by Gasteiger charge is -2.39. The Morgan fingerprint density at radius 2 is 1.15 bits per heavy atom. The van der Waals surface area contributed by atoms with Crippen molar-refractivity contribution in [1.82, 2.24) is 9.55 Å². The lowest BCUT2D eigenvalue weighted by atomic mass is 9.76. The molecule has 1 atom stereocenters. The summed E-state index contributed by atoms with van der Waals surface area (Å²) in [6, 6.07) is 41.4. The first-order chi connectivity index (χ1) is 18.8. The standard InChI is InChI=1S/C36H37BrN2/c1-27(28-20-22-32(37)23-21-28)24-34-38-33(25-35(2,3)4)26-39(34)36(29-14-8-5-9-15-29,30-16-10-6-11-17-30)31-18-12-7-13-19-31/h5-23,26-27H,24-25H2,1-4H3. The minimum absolute atomic E-state index is 0.128. The van der Waals surface area contributed by atoms with Gasteiger partial charge in [0.1, 0.15) is 11.4 Å². The third-order valence-corrected chi connectivity index (χ3v) is 7.93. The van der Waals surface area contributed by atoms with Crippen molar-refractivity contribution in [2.45, 2.75) is 52.0 Å². The van der Waals surface area contributed by atoms with E-state index in [1.165, 1.54) is 22.3 Å². The maximum atomic E-state index is 5.37. The smallest absolute Gasteiger partial charge is 0.121 e. The lowest BCUT2D eigenvalue weighted by Crippen LogP contribution is -2.38. The Labute approximate surface area is 241 Å². The number of halogens is 1. The van der Waals surface area contributed by atoms with E-state index in [9.17, 15) is 0 Å². The summed E-state index contributed by atoms with van der Waals surface area (Å²) in [6.45, 7) is 9.17. The molecule has 0 aliphatic rings. The Kier molecular flexibility index (Phi) is 7.91. The van der Waals surface area contributed by atoms with Crippen LogP contribution in [-0.2, 0) is 18.4 Å². The van der Waals surface area contributed by atoms with E-state index >= 15 is 0 Å². The van der Waals surface area contributed by atoms with Gasteiger partial charge in [0.25, 0.3) is 0 Å². The van der Waals surface area contributed by atoms with Crippen molar-refractivity contribution in [3.05, 3.63) is 160 Å². The average molecular weight is 578 g/mol. The van der Waals surface area contributed by atoms with Gasteiger partial charge in [-0.2, -0.15) is 0 Å². The number of aromatic nitrogens is 2. The normalized spacial score (nSPS) is 12.8. The van der Waals surface area contributed by atoms with Crippen LogP contribution >= 0.6 is 15.9 Å². The van der Waals surface area contributed by atoms with Gasteiger partial charge >= 0.3 is 0 Å². The molecule has 1 unspecified atom stereocenters. The first-order valence-electron chi connectivity index (χ1n) is 13.8. The summed E-state index contributed by atoms with van der Waals surface area (Å²) in [6.07, 6.45) is 4.07. The highest BCUT2D eigenvalue weighted by Crippen LogP contribution is 2.42. The van der Waals surface area contributed by atoms with Gasteiger partial charge in [0, 0.05) is 17.1 Å². The fourth-order valence-corrected chi connectivity index (χ4v) is 5.94.